The highest BCUT2D eigenvalue weighted by Crippen LogP contribution is 2.21. The number of nitrogens with one attached hydrogen (secondary N) is 1. The first-order valence-electron chi connectivity index (χ1n) is 13.3. The molecule has 1 aromatic heterocycles. The number of carbonyl (C=O) groups excluding carboxylic acids is 2. The number of carbonyl (C=O) groups is 2. The molecule has 3 heterocycles. The number of hydrogen-bond acceptors (Lipinski definition) is 7. The first kappa shape index (κ1) is 27.3. The summed E-state index contributed by atoms with van der Waals surface area (Å²) >= 11 is 0. The maximum atomic E-state index is 12.9. The SMILES string of the molecule is CCn1nc(CCCOC(O)c2cccc(C(=O)N3CCOCC3)c2)c2c1C(=O)NCCCOCCC2. The zero-order valence-electron chi connectivity index (χ0n) is 21.6. The Hall–Kier alpha value is -2.79. The maximum Gasteiger partial charge on any atom is 0.269 e. The van der Waals surface area contributed by atoms with Gasteiger partial charge in [0.2, 0.25) is 0 Å². The zero-order valence-corrected chi connectivity index (χ0v) is 21.6. The van der Waals surface area contributed by atoms with Crippen LogP contribution in [0.25, 0.3) is 0 Å². The van der Waals surface area contributed by atoms with E-state index in [1.54, 1.807) is 33.8 Å². The van der Waals surface area contributed by atoms with Crippen molar-refractivity contribution in [1.82, 2.24) is 20.0 Å². The summed E-state index contributed by atoms with van der Waals surface area (Å²) in [5, 5.41) is 18.3. The van der Waals surface area contributed by atoms with Gasteiger partial charge in [0.25, 0.3) is 11.8 Å². The van der Waals surface area contributed by atoms with E-state index >= 15 is 0 Å². The van der Waals surface area contributed by atoms with Crippen molar-refractivity contribution in [2.45, 2.75) is 51.9 Å². The number of benzene rings is 1. The molecule has 0 spiro atoms. The number of aryl methyl sites for hydroxylation is 2. The average Bonchev–Trinajstić information content (AvgIpc) is 3.27. The van der Waals surface area contributed by atoms with E-state index in [1.165, 1.54) is 0 Å². The Kier molecular flexibility index (Phi) is 10.1. The van der Waals surface area contributed by atoms with Gasteiger partial charge in [-0.25, -0.2) is 0 Å². The van der Waals surface area contributed by atoms with Crippen LogP contribution in [0.2, 0.25) is 0 Å². The Labute approximate surface area is 217 Å². The van der Waals surface area contributed by atoms with Gasteiger partial charge in [-0.3, -0.25) is 14.3 Å². The van der Waals surface area contributed by atoms with Gasteiger partial charge < -0.3 is 29.5 Å². The van der Waals surface area contributed by atoms with Gasteiger partial charge in [-0.1, -0.05) is 12.1 Å². The summed E-state index contributed by atoms with van der Waals surface area (Å²) in [6.45, 7) is 6.99. The highest BCUT2D eigenvalue weighted by molar-refractivity contribution is 5.95. The van der Waals surface area contributed by atoms with E-state index in [2.05, 4.69) is 5.32 Å². The van der Waals surface area contributed by atoms with E-state index < -0.39 is 6.29 Å². The predicted molar refractivity (Wildman–Crippen MR) is 136 cm³/mol. The summed E-state index contributed by atoms with van der Waals surface area (Å²) in [6.07, 6.45) is 2.48. The largest absolute Gasteiger partial charge is 0.381 e. The third-order valence-corrected chi connectivity index (χ3v) is 6.67. The van der Waals surface area contributed by atoms with Gasteiger partial charge in [-0.15, -0.1) is 0 Å². The van der Waals surface area contributed by atoms with E-state index in [-0.39, 0.29) is 11.8 Å². The van der Waals surface area contributed by atoms with Crippen LogP contribution in [-0.4, -0.2) is 84.3 Å². The average molecular weight is 515 g/mol. The van der Waals surface area contributed by atoms with E-state index in [4.69, 9.17) is 19.3 Å². The van der Waals surface area contributed by atoms with Gasteiger partial charge in [0.05, 0.1) is 25.5 Å². The number of aromatic nitrogens is 2. The third kappa shape index (κ3) is 7.16. The lowest BCUT2D eigenvalue weighted by Crippen LogP contribution is -2.40. The second-order valence-electron chi connectivity index (χ2n) is 9.27. The Morgan fingerprint density at radius 2 is 1.97 bits per heavy atom. The van der Waals surface area contributed by atoms with Crippen molar-refractivity contribution in [1.29, 1.82) is 0 Å². The third-order valence-electron chi connectivity index (χ3n) is 6.67. The molecule has 1 unspecified atom stereocenters. The van der Waals surface area contributed by atoms with Crippen molar-refractivity contribution in [3.05, 3.63) is 52.3 Å². The van der Waals surface area contributed by atoms with Crippen LogP contribution in [0.3, 0.4) is 0 Å². The van der Waals surface area contributed by atoms with E-state index in [0.717, 1.165) is 30.5 Å². The van der Waals surface area contributed by atoms with Crippen molar-refractivity contribution in [3.8, 4) is 0 Å². The number of fused-ring (bicyclic) bond motifs is 1. The van der Waals surface area contributed by atoms with Crippen molar-refractivity contribution in [2.24, 2.45) is 0 Å². The normalized spacial score (nSPS) is 18.0. The minimum Gasteiger partial charge on any atom is -0.381 e. The summed E-state index contributed by atoms with van der Waals surface area (Å²) in [6, 6.07) is 6.94. The first-order valence-corrected chi connectivity index (χ1v) is 13.3. The molecule has 0 radical (unpaired) electrons. The highest BCUT2D eigenvalue weighted by atomic mass is 16.6. The number of aliphatic hydroxyl groups excluding tert-OH is 1. The van der Waals surface area contributed by atoms with Gasteiger partial charge in [0, 0.05) is 56.1 Å². The van der Waals surface area contributed by atoms with Crippen molar-refractivity contribution >= 4 is 11.8 Å². The number of morpholine rings is 1. The van der Waals surface area contributed by atoms with Crippen LogP contribution in [-0.2, 0) is 33.6 Å². The van der Waals surface area contributed by atoms with Crippen LogP contribution in [0.15, 0.2) is 24.3 Å². The number of ether oxygens (including phenoxy) is 3. The van der Waals surface area contributed by atoms with E-state index in [9.17, 15) is 14.7 Å². The second kappa shape index (κ2) is 13.7. The van der Waals surface area contributed by atoms with E-state index in [1.807, 2.05) is 6.92 Å². The fourth-order valence-electron chi connectivity index (χ4n) is 4.71. The lowest BCUT2D eigenvalue weighted by atomic mass is 10.0. The summed E-state index contributed by atoms with van der Waals surface area (Å²) in [4.78, 5) is 27.4. The molecule has 2 aliphatic heterocycles. The number of rotatable bonds is 8. The smallest absolute Gasteiger partial charge is 0.269 e. The molecule has 202 valence electrons. The molecular formula is C27H38N4O6. The molecule has 1 fully saturated rings. The van der Waals surface area contributed by atoms with Crippen molar-refractivity contribution in [2.75, 3.05) is 52.7 Å². The van der Waals surface area contributed by atoms with Crippen LogP contribution >= 0.6 is 0 Å². The maximum absolute atomic E-state index is 12.9. The highest BCUT2D eigenvalue weighted by Gasteiger charge is 2.23. The summed E-state index contributed by atoms with van der Waals surface area (Å²) in [5.74, 6) is -0.160. The fourth-order valence-corrected chi connectivity index (χ4v) is 4.71. The predicted octanol–water partition coefficient (Wildman–Crippen LogP) is 2.10. The topological polar surface area (TPSA) is 115 Å². The molecule has 0 bridgehead atoms. The Bertz CT molecular complexity index is 1050. The molecule has 10 heteroatoms. The Balaban J connectivity index is 1.35. The standard InChI is InChI=1S/C27H38N4O6/c1-2-31-24-22(9-4-14-35-15-6-11-28-25(24)32)23(29-31)10-5-16-37-27(34)21-8-3-7-20(19-21)26(33)30-12-17-36-18-13-30/h3,7-8,19,27,34H,2,4-6,9-18H2,1H3,(H,28,32). The monoisotopic (exact) mass is 514 g/mol. The van der Waals surface area contributed by atoms with Gasteiger partial charge in [0.1, 0.15) is 5.69 Å². The molecule has 2 aliphatic rings. The van der Waals surface area contributed by atoms with Gasteiger partial charge in [-0.2, -0.15) is 5.10 Å². The molecule has 2 aromatic rings. The molecule has 2 amide bonds. The molecule has 1 atom stereocenters. The summed E-state index contributed by atoms with van der Waals surface area (Å²) < 4.78 is 18.5. The van der Waals surface area contributed by atoms with Crippen LogP contribution < -0.4 is 5.32 Å². The van der Waals surface area contributed by atoms with E-state index in [0.29, 0.717) is 88.9 Å². The van der Waals surface area contributed by atoms with Gasteiger partial charge in [-0.05, 0) is 51.2 Å². The fraction of sp³-hybridized carbons (Fsp3) is 0.593. The molecule has 1 saturated heterocycles. The van der Waals surface area contributed by atoms with Gasteiger partial charge in [0.15, 0.2) is 6.29 Å². The Morgan fingerprint density at radius 1 is 1.19 bits per heavy atom. The zero-order chi connectivity index (χ0) is 26.0. The van der Waals surface area contributed by atoms with Crippen molar-refractivity contribution < 1.29 is 28.9 Å². The molecule has 37 heavy (non-hydrogen) atoms. The quantitative estimate of drug-likeness (QED) is 0.410. The summed E-state index contributed by atoms with van der Waals surface area (Å²) in [7, 11) is 0. The molecule has 0 saturated carbocycles. The van der Waals surface area contributed by atoms with Crippen molar-refractivity contribution in [3.63, 3.8) is 0 Å². The lowest BCUT2D eigenvalue weighted by molar-refractivity contribution is -0.103. The van der Waals surface area contributed by atoms with Crippen LogP contribution in [0, 0.1) is 0 Å². The molecule has 1 aromatic carbocycles. The minimum absolute atomic E-state index is 0.0722. The van der Waals surface area contributed by atoms with Crippen LogP contribution in [0.1, 0.15) is 70.1 Å². The first-order chi connectivity index (χ1) is 18.1. The summed E-state index contributed by atoms with van der Waals surface area (Å²) in [5.41, 5.74) is 3.57. The lowest BCUT2D eigenvalue weighted by Gasteiger charge is -2.27. The minimum atomic E-state index is -1.13. The number of aliphatic hydroxyl groups is 1. The van der Waals surface area contributed by atoms with Crippen LogP contribution in [0.4, 0.5) is 0 Å². The molecule has 0 aliphatic carbocycles. The molecular weight excluding hydrogens is 476 g/mol. The number of nitrogens with zero attached hydrogens (tertiary/aromatic N) is 3. The second-order valence-corrected chi connectivity index (χ2v) is 9.27. The Morgan fingerprint density at radius 3 is 2.78 bits per heavy atom. The molecule has 2 N–H and O–H groups in total. The molecule has 4 rings (SSSR count). The van der Waals surface area contributed by atoms with Gasteiger partial charge >= 0.3 is 0 Å². The number of amides is 2. The van der Waals surface area contributed by atoms with Crippen LogP contribution in [0.5, 0.6) is 0 Å². The number of hydrogen-bond donors (Lipinski definition) is 2. The molecule has 10 nitrogen and oxygen atoms in total.